The molecule has 424 valence electrons. The molecule has 10 nitrogen and oxygen atoms in total. The van der Waals surface area contributed by atoms with Gasteiger partial charge in [0.05, 0.1) is 0 Å². The van der Waals surface area contributed by atoms with Crippen LogP contribution >= 0.6 is 31.2 Å². The second kappa shape index (κ2) is 17.6. The average molecular weight is 1210 g/mol. The summed E-state index contributed by atoms with van der Waals surface area (Å²) in [7, 11) is -42.6. The zero-order valence-electron chi connectivity index (χ0n) is 37.2. The molecule has 0 saturated carbocycles. The van der Waals surface area contributed by atoms with Crippen LogP contribution in [-0.4, -0.2) is 28.2 Å². The first kappa shape index (κ1) is 60.5. The zero-order valence-corrected chi connectivity index (χ0v) is 40.7. The van der Waals surface area contributed by atoms with E-state index in [9.17, 15) is 101 Å². The summed E-state index contributed by atoms with van der Waals surface area (Å²) in [5.41, 5.74) is 4.96. The molecule has 0 saturated heterocycles. The smallest absolute Gasteiger partial charge is 0.232 e. The molecule has 38 heteroatoms. The summed E-state index contributed by atoms with van der Waals surface area (Å²) < 4.78 is 254. The van der Waals surface area contributed by atoms with E-state index in [0.29, 0.717) is 0 Å². The summed E-state index contributed by atoms with van der Waals surface area (Å²) in [6.07, 6.45) is 25.0. The zero-order chi connectivity index (χ0) is 57.5. The molecule has 0 fully saturated rings. The summed E-state index contributed by atoms with van der Waals surface area (Å²) in [4.78, 5) is 9.93. The average Bonchev–Trinajstić information content (AvgIpc) is 4.04. The molecule has 0 aliphatic carbocycles. The third-order valence-electron chi connectivity index (χ3n) is 8.77. The van der Waals surface area contributed by atoms with Gasteiger partial charge in [0, 0.05) is 24.3 Å². The van der Waals surface area contributed by atoms with Crippen molar-refractivity contribution >= 4 is 31.2 Å². The molecule has 16 bridgehead atoms. The van der Waals surface area contributed by atoms with E-state index in [-0.39, 0.29) is 0 Å². The van der Waals surface area contributed by atoms with Crippen LogP contribution in [0.4, 0.5) is 101 Å². The summed E-state index contributed by atoms with van der Waals surface area (Å²) in [5, 5.41) is 0. The van der Waals surface area contributed by atoms with E-state index in [1.165, 1.54) is 22.3 Å². The van der Waals surface area contributed by atoms with Gasteiger partial charge in [-0.3, -0.25) is 0 Å². The van der Waals surface area contributed by atoms with Crippen LogP contribution in [-0.2, 0) is 26.2 Å². The van der Waals surface area contributed by atoms with Crippen molar-refractivity contribution < 1.29 is 119 Å². The van der Waals surface area contributed by atoms with Gasteiger partial charge in [-0.15, -0.1) is 0 Å². The number of benzene rings is 2. The fourth-order valence-electron chi connectivity index (χ4n) is 6.24. The van der Waals surface area contributed by atoms with Crippen molar-refractivity contribution in [3.8, 4) is 23.3 Å². The summed E-state index contributed by atoms with van der Waals surface area (Å²) in [6.45, 7) is 3.11. The minimum absolute atomic E-state index is 0.776. The molecule has 4 aliphatic rings. The fourth-order valence-corrected chi connectivity index (χ4v) is 6.24. The molecule has 0 atom stereocenters. The molecular weight excluding hydrogens is 1180 g/mol. The van der Waals surface area contributed by atoms with E-state index in [0.717, 1.165) is 49.5 Å². The monoisotopic (exact) mass is 1210 g/mol. The minimum Gasteiger partial charge on any atom is -0.232 e. The first-order chi connectivity index (χ1) is 33.5. The Labute approximate surface area is 409 Å². The van der Waals surface area contributed by atoms with Gasteiger partial charge in [-0.1, -0.05) is 60.7 Å². The van der Waals surface area contributed by atoms with Crippen LogP contribution < -0.4 is 18.3 Å². The molecule has 4 aliphatic heterocycles. The van der Waals surface area contributed by atoms with Crippen molar-refractivity contribution in [3.63, 3.8) is 0 Å². The Morgan fingerprint density at radius 1 is 0.276 bits per heavy atom. The van der Waals surface area contributed by atoms with Crippen LogP contribution in [0.2, 0.25) is 0 Å². The maximum atomic E-state index is 9.87. The number of rotatable bonds is 0. The Morgan fingerprint density at radius 3 is 0.592 bits per heavy atom. The van der Waals surface area contributed by atoms with Gasteiger partial charge in [0.25, 0.3) is 25.3 Å². The van der Waals surface area contributed by atoms with Gasteiger partial charge in [0.2, 0.25) is 23.3 Å². The normalized spacial score (nSPS) is 16.5. The molecule has 76 heavy (non-hydrogen) atoms. The van der Waals surface area contributed by atoms with Crippen molar-refractivity contribution in [2.45, 2.75) is 26.2 Å². The number of halogens is 24. The second-order valence-electron chi connectivity index (χ2n) is 16.1. The molecule has 8 aromatic rings. The molecular formula is C38H34F24N10P4. The Morgan fingerprint density at radius 2 is 0.434 bits per heavy atom. The summed E-state index contributed by atoms with van der Waals surface area (Å²) >= 11 is 0. The third-order valence-corrected chi connectivity index (χ3v) is 8.77. The van der Waals surface area contributed by atoms with Gasteiger partial charge in [-0.2, -0.15) is 28.2 Å². The van der Waals surface area contributed by atoms with Crippen molar-refractivity contribution in [2.24, 2.45) is 0 Å². The molecule has 0 spiro atoms. The Balaban J connectivity index is 0.000000313. The minimum atomic E-state index is -10.7. The van der Waals surface area contributed by atoms with Crippen molar-refractivity contribution in [1.82, 2.24) is 28.2 Å². The predicted octanol–water partition coefficient (Wildman–Crippen LogP) is 16.8. The van der Waals surface area contributed by atoms with Crippen LogP contribution in [0.1, 0.15) is 22.3 Å². The third kappa shape index (κ3) is 29.1. The number of nitrogens with zero attached hydrogens (tertiary/aromatic N) is 10. The molecule has 2 aromatic carbocycles. The second-order valence-corrected chi connectivity index (χ2v) is 23.8. The number of imidazole rings is 4. The van der Waals surface area contributed by atoms with E-state index in [1.54, 1.807) is 0 Å². The van der Waals surface area contributed by atoms with E-state index < -0.39 is 31.2 Å². The largest absolute Gasteiger partial charge is 0.250 e. The van der Waals surface area contributed by atoms with Crippen molar-refractivity contribution in [3.05, 3.63) is 182 Å². The molecule has 6 aromatic heterocycles. The van der Waals surface area contributed by atoms with Gasteiger partial charge >= 0.3 is 132 Å². The Bertz CT molecular complexity index is 2850. The molecule has 0 unspecified atom stereocenters. The summed E-state index contributed by atoms with van der Waals surface area (Å²) in [5.74, 6) is 3.49. The van der Waals surface area contributed by atoms with E-state index >= 15 is 0 Å². The number of hydrogen-bond donors (Lipinski definition) is 0. The van der Waals surface area contributed by atoms with E-state index in [2.05, 4.69) is 172 Å². The van der Waals surface area contributed by atoms with E-state index in [1.807, 2.05) is 24.3 Å². The molecule has 10 heterocycles. The number of hydrogen-bond acceptors (Lipinski definition) is 2. The molecule has 0 N–H and O–H groups in total. The van der Waals surface area contributed by atoms with Crippen LogP contribution in [0, 0.1) is 0 Å². The topological polar surface area (TPSA) is 61.0 Å². The van der Waals surface area contributed by atoms with Crippen LogP contribution in [0.5, 0.6) is 0 Å². The molecule has 0 radical (unpaired) electrons. The van der Waals surface area contributed by atoms with Crippen LogP contribution in [0.15, 0.2) is 160 Å². The van der Waals surface area contributed by atoms with Gasteiger partial charge in [-0.25, -0.2) is 18.3 Å². The maximum absolute atomic E-state index is 10.7. The first-order valence-electron chi connectivity index (χ1n) is 20.1. The van der Waals surface area contributed by atoms with Gasteiger partial charge in [0.15, 0.2) is 0 Å². The quantitative estimate of drug-likeness (QED) is 0.0863. The first-order valence-corrected chi connectivity index (χ1v) is 28.2. The SMILES string of the molecule is F[P-](F)(F)(F)(F)F.F[P-](F)(F)(F)(F)F.F[P-](F)(F)(F)(F)F.F[P-](F)(F)(F)(F)F.c1cc2nc(c1)-n1cc[n+](c1)Cc1ccc(cc1)C[n+]1ccn(c1)-c1cccc(n1)-n1cc[n+](c1)Cc1ccc(cc1)C[n+]1ccn-2c1. The molecule has 12 rings (SSSR count). The van der Waals surface area contributed by atoms with E-state index in [4.69, 9.17) is 9.97 Å². The van der Waals surface area contributed by atoms with Gasteiger partial charge in [-0.05, 0) is 22.3 Å². The fraction of sp³-hybridized carbons (Fsp3) is 0.105. The Kier molecular flexibility index (Phi) is 14.0. The van der Waals surface area contributed by atoms with Crippen molar-refractivity contribution in [1.29, 1.82) is 0 Å². The standard InChI is InChI=1S/C38H34N10.4F6P/c1-3-35-39-36(4-1)46-20-16-42(28-46)24-32-9-13-34(14-10-32)26-44-18-22-48(30-44)38-6-2-5-37(40-38)47-21-17-43(29-47)25-33-11-7-31(8-12-33)23-41-15-19-45(35)27-41;4*1-7(2,3,4,5)6/h1-22,27-30H,23-26H2;;;;/q+4;4*-1. The maximum Gasteiger partial charge on any atom is 0.250 e. The summed E-state index contributed by atoms with van der Waals surface area (Å²) in [6, 6.07) is 29.9. The Hall–Kier alpha value is -6.38. The molecule has 0 amide bonds. The van der Waals surface area contributed by atoms with Gasteiger partial charge in [0.1, 0.15) is 75.8 Å². The van der Waals surface area contributed by atoms with Gasteiger partial charge < -0.3 is 0 Å². The van der Waals surface area contributed by atoms with Crippen molar-refractivity contribution in [2.75, 3.05) is 0 Å². The van der Waals surface area contributed by atoms with Crippen LogP contribution in [0.3, 0.4) is 0 Å². The van der Waals surface area contributed by atoms with Crippen LogP contribution in [0.25, 0.3) is 23.3 Å². The predicted molar refractivity (Wildman–Crippen MR) is 230 cm³/mol. The number of aromatic nitrogens is 10. The number of pyridine rings is 2.